The number of carbonyl (C=O) groups is 1. The molecule has 2 N–H and O–H groups in total. The van der Waals surface area contributed by atoms with E-state index in [2.05, 4.69) is 4.72 Å². The molecule has 0 radical (unpaired) electrons. The summed E-state index contributed by atoms with van der Waals surface area (Å²) in [6.07, 6.45) is 3.18. The molecule has 0 saturated heterocycles. The minimum atomic E-state index is -3.48. The smallest absolute Gasteiger partial charge is 0.328 e. The lowest BCUT2D eigenvalue weighted by atomic mass is 10.1. The van der Waals surface area contributed by atoms with Gasteiger partial charge in [-0.1, -0.05) is 13.0 Å². The molecule has 1 aromatic rings. The molecule has 0 aliphatic heterocycles. The van der Waals surface area contributed by atoms with E-state index in [1.54, 1.807) is 13.0 Å². The molecule has 5 nitrogen and oxygen atoms in total. The SMILES string of the molecule is CCCNS(=O)(=O)c1ccc(/C=C/C(=O)O)c(C)c1. The summed E-state index contributed by atoms with van der Waals surface area (Å²) in [6, 6.07) is 4.58. The van der Waals surface area contributed by atoms with Gasteiger partial charge in [0.1, 0.15) is 0 Å². The third-order valence-electron chi connectivity index (χ3n) is 2.50. The fourth-order valence-corrected chi connectivity index (χ4v) is 2.70. The number of aliphatic carboxylic acids is 1. The van der Waals surface area contributed by atoms with E-state index in [4.69, 9.17) is 5.11 Å². The molecule has 104 valence electrons. The zero-order valence-corrected chi connectivity index (χ0v) is 11.7. The number of hydrogen-bond acceptors (Lipinski definition) is 3. The van der Waals surface area contributed by atoms with E-state index in [1.807, 2.05) is 6.92 Å². The first-order valence-corrected chi connectivity index (χ1v) is 7.36. The van der Waals surface area contributed by atoms with E-state index in [0.29, 0.717) is 17.7 Å². The highest BCUT2D eigenvalue weighted by atomic mass is 32.2. The van der Waals surface area contributed by atoms with Gasteiger partial charge >= 0.3 is 5.97 Å². The maximum Gasteiger partial charge on any atom is 0.328 e. The number of nitrogens with one attached hydrogen (secondary N) is 1. The van der Waals surface area contributed by atoms with Gasteiger partial charge in [0.2, 0.25) is 10.0 Å². The summed E-state index contributed by atoms with van der Waals surface area (Å²) >= 11 is 0. The van der Waals surface area contributed by atoms with Crippen LogP contribution < -0.4 is 4.72 Å². The van der Waals surface area contributed by atoms with Crippen molar-refractivity contribution in [2.24, 2.45) is 0 Å². The Bertz CT molecular complexity index is 591. The van der Waals surface area contributed by atoms with Crippen LogP contribution in [0.4, 0.5) is 0 Å². The minimum absolute atomic E-state index is 0.186. The normalized spacial score (nSPS) is 11.9. The highest BCUT2D eigenvalue weighted by Crippen LogP contribution is 2.16. The van der Waals surface area contributed by atoms with Crippen LogP contribution in [0.1, 0.15) is 24.5 Å². The Balaban J connectivity index is 3.03. The Morgan fingerprint density at radius 1 is 1.42 bits per heavy atom. The molecule has 0 atom stereocenters. The lowest BCUT2D eigenvalue weighted by Gasteiger charge is -2.08. The van der Waals surface area contributed by atoms with Gasteiger partial charge in [0, 0.05) is 12.6 Å². The third kappa shape index (κ3) is 4.50. The van der Waals surface area contributed by atoms with Crippen LogP contribution in [0.15, 0.2) is 29.2 Å². The number of carboxylic acid groups (broad SMARTS) is 1. The van der Waals surface area contributed by atoms with E-state index in [9.17, 15) is 13.2 Å². The Morgan fingerprint density at radius 2 is 2.11 bits per heavy atom. The number of carboxylic acids is 1. The number of benzene rings is 1. The van der Waals surface area contributed by atoms with Crippen LogP contribution >= 0.6 is 0 Å². The van der Waals surface area contributed by atoms with Gasteiger partial charge in [0.05, 0.1) is 4.90 Å². The van der Waals surface area contributed by atoms with Gasteiger partial charge in [-0.15, -0.1) is 0 Å². The first-order valence-electron chi connectivity index (χ1n) is 5.88. The Hall–Kier alpha value is -1.66. The molecule has 0 spiro atoms. The van der Waals surface area contributed by atoms with Crippen LogP contribution in [0.25, 0.3) is 6.08 Å². The molecule has 0 bridgehead atoms. The van der Waals surface area contributed by atoms with E-state index >= 15 is 0 Å². The molecular weight excluding hydrogens is 266 g/mol. The van der Waals surface area contributed by atoms with Gasteiger partial charge in [-0.25, -0.2) is 17.9 Å². The lowest BCUT2D eigenvalue weighted by Crippen LogP contribution is -2.24. The molecule has 1 aromatic carbocycles. The molecule has 0 heterocycles. The molecule has 0 aromatic heterocycles. The molecule has 0 saturated carbocycles. The van der Waals surface area contributed by atoms with Crippen LogP contribution in [0.2, 0.25) is 0 Å². The van der Waals surface area contributed by atoms with Gasteiger partial charge in [0.15, 0.2) is 0 Å². The minimum Gasteiger partial charge on any atom is -0.478 e. The maximum absolute atomic E-state index is 11.9. The summed E-state index contributed by atoms with van der Waals surface area (Å²) in [5, 5.41) is 8.55. The van der Waals surface area contributed by atoms with Gasteiger partial charge in [-0.2, -0.15) is 0 Å². The van der Waals surface area contributed by atoms with E-state index < -0.39 is 16.0 Å². The van der Waals surface area contributed by atoms with Gasteiger partial charge in [-0.05, 0) is 42.7 Å². The fourth-order valence-electron chi connectivity index (χ4n) is 1.48. The lowest BCUT2D eigenvalue weighted by molar-refractivity contribution is -0.131. The van der Waals surface area contributed by atoms with Crippen molar-refractivity contribution in [3.05, 3.63) is 35.4 Å². The Labute approximate surface area is 113 Å². The van der Waals surface area contributed by atoms with Crippen molar-refractivity contribution in [2.75, 3.05) is 6.54 Å². The topological polar surface area (TPSA) is 83.5 Å². The summed E-state index contributed by atoms with van der Waals surface area (Å²) in [6.45, 7) is 4.01. The first-order chi connectivity index (χ1) is 8.86. The number of sulfonamides is 1. The van der Waals surface area contributed by atoms with Crippen LogP contribution in [0.5, 0.6) is 0 Å². The van der Waals surface area contributed by atoms with Crippen LogP contribution in [0, 0.1) is 6.92 Å². The largest absolute Gasteiger partial charge is 0.478 e. The van der Waals surface area contributed by atoms with Crippen molar-refractivity contribution in [2.45, 2.75) is 25.2 Å². The maximum atomic E-state index is 11.9. The molecule has 0 aliphatic rings. The number of hydrogen-bond donors (Lipinski definition) is 2. The second-order valence-electron chi connectivity index (χ2n) is 4.09. The summed E-state index contributed by atoms with van der Waals surface area (Å²) in [4.78, 5) is 10.6. The van der Waals surface area contributed by atoms with Gasteiger partial charge < -0.3 is 5.11 Å². The molecule has 1 rings (SSSR count). The molecule has 0 unspecified atom stereocenters. The number of rotatable bonds is 6. The third-order valence-corrected chi connectivity index (χ3v) is 3.96. The molecule has 6 heteroatoms. The van der Waals surface area contributed by atoms with Crippen LogP contribution in [-0.2, 0) is 14.8 Å². The molecule has 19 heavy (non-hydrogen) atoms. The average Bonchev–Trinajstić information content (AvgIpc) is 2.34. The highest BCUT2D eigenvalue weighted by Gasteiger charge is 2.13. The van der Waals surface area contributed by atoms with E-state index in [0.717, 1.165) is 12.5 Å². The summed E-state index contributed by atoms with van der Waals surface area (Å²) < 4.78 is 26.3. The van der Waals surface area contributed by atoms with Crippen molar-refractivity contribution < 1.29 is 18.3 Å². The predicted molar refractivity (Wildman–Crippen MR) is 73.3 cm³/mol. The zero-order valence-electron chi connectivity index (χ0n) is 10.9. The van der Waals surface area contributed by atoms with Crippen LogP contribution in [0.3, 0.4) is 0 Å². The second-order valence-corrected chi connectivity index (χ2v) is 5.85. The average molecular weight is 283 g/mol. The predicted octanol–water partition coefficient (Wildman–Crippen LogP) is 1.78. The van der Waals surface area contributed by atoms with Gasteiger partial charge in [-0.3, -0.25) is 0 Å². The second kappa shape index (κ2) is 6.49. The molecule has 0 aliphatic carbocycles. The van der Waals surface area contributed by atoms with Crippen molar-refractivity contribution in [1.82, 2.24) is 4.72 Å². The summed E-state index contributed by atoms with van der Waals surface area (Å²) in [5.41, 5.74) is 1.38. The van der Waals surface area contributed by atoms with Gasteiger partial charge in [0.25, 0.3) is 0 Å². The Kier molecular flexibility index (Phi) is 5.26. The molecule has 0 amide bonds. The molecule has 0 fully saturated rings. The number of aryl methyl sites for hydroxylation is 1. The quantitative estimate of drug-likeness (QED) is 0.779. The van der Waals surface area contributed by atoms with E-state index in [-0.39, 0.29) is 4.90 Å². The van der Waals surface area contributed by atoms with Crippen molar-refractivity contribution >= 4 is 22.1 Å². The Morgan fingerprint density at radius 3 is 2.63 bits per heavy atom. The molecular formula is C13H17NO4S. The first kappa shape index (κ1) is 15.4. The fraction of sp³-hybridized carbons (Fsp3) is 0.308. The summed E-state index contributed by atoms with van der Waals surface area (Å²) in [7, 11) is -3.48. The van der Waals surface area contributed by atoms with Crippen LogP contribution in [-0.4, -0.2) is 26.0 Å². The summed E-state index contributed by atoms with van der Waals surface area (Å²) in [5.74, 6) is -1.04. The van der Waals surface area contributed by atoms with Crippen molar-refractivity contribution in [3.63, 3.8) is 0 Å². The standard InChI is InChI=1S/C13H17NO4S/c1-3-8-14-19(17,18)12-6-4-11(10(2)9-12)5-7-13(15)16/h4-7,9,14H,3,8H2,1-2H3,(H,15,16)/b7-5+. The van der Waals surface area contributed by atoms with Crippen molar-refractivity contribution in [3.8, 4) is 0 Å². The zero-order chi connectivity index (χ0) is 14.5. The highest BCUT2D eigenvalue weighted by molar-refractivity contribution is 7.89. The van der Waals surface area contributed by atoms with E-state index in [1.165, 1.54) is 18.2 Å². The monoisotopic (exact) mass is 283 g/mol. The van der Waals surface area contributed by atoms with Crippen molar-refractivity contribution in [1.29, 1.82) is 0 Å².